The molecule has 0 aliphatic rings. The van der Waals surface area contributed by atoms with Crippen LogP contribution in [0.15, 0.2) is 23.4 Å². The Balaban J connectivity index is 2.83. The van der Waals surface area contributed by atoms with Crippen LogP contribution in [0, 0.1) is 6.92 Å². The van der Waals surface area contributed by atoms with Gasteiger partial charge in [-0.1, -0.05) is 11.6 Å². The van der Waals surface area contributed by atoms with Crippen molar-refractivity contribution in [3.8, 4) is 0 Å². The average Bonchev–Trinajstić information content (AvgIpc) is 2.26. The number of aromatic nitrogens is 2. The second kappa shape index (κ2) is 4.42. The van der Waals surface area contributed by atoms with Crippen LogP contribution in [0.2, 0.25) is 5.15 Å². The zero-order valence-corrected chi connectivity index (χ0v) is 12.8. The van der Waals surface area contributed by atoms with Crippen molar-refractivity contribution in [2.75, 3.05) is 0 Å². The van der Waals surface area contributed by atoms with E-state index in [9.17, 15) is 8.42 Å². The Hall–Kier alpha value is -1.20. The van der Waals surface area contributed by atoms with Gasteiger partial charge < -0.3 is 0 Å². The van der Waals surface area contributed by atoms with Crippen LogP contribution in [0.4, 0.5) is 0 Å². The van der Waals surface area contributed by atoms with Gasteiger partial charge >= 0.3 is 0 Å². The molecule has 1 heterocycles. The minimum atomic E-state index is -3.43. The monoisotopic (exact) mass is 298 g/mol. The number of nitrogens with zero attached hydrogens (tertiary/aromatic N) is 2. The van der Waals surface area contributed by atoms with Gasteiger partial charge in [-0.05, 0) is 45.4 Å². The number of hydrogen-bond acceptors (Lipinski definition) is 4. The lowest BCUT2D eigenvalue weighted by atomic mass is 10.2. The standard InChI is InChI=1S/C13H15ClN2O2S/c1-8-5-10-9(12(14)16-7-15-10)6-11(8)19(17,18)13(2,3)4/h5-7H,1-4H3. The Morgan fingerprint density at radius 2 is 1.79 bits per heavy atom. The maximum atomic E-state index is 12.5. The molecule has 19 heavy (non-hydrogen) atoms. The van der Waals surface area contributed by atoms with E-state index < -0.39 is 14.6 Å². The van der Waals surface area contributed by atoms with Crippen molar-refractivity contribution < 1.29 is 8.42 Å². The molecule has 0 fully saturated rings. The number of aryl methyl sites for hydroxylation is 1. The van der Waals surface area contributed by atoms with Crippen molar-refractivity contribution in [2.45, 2.75) is 37.3 Å². The molecule has 0 saturated carbocycles. The van der Waals surface area contributed by atoms with Gasteiger partial charge in [-0.2, -0.15) is 0 Å². The van der Waals surface area contributed by atoms with Gasteiger partial charge in [-0.25, -0.2) is 18.4 Å². The smallest absolute Gasteiger partial charge is 0.183 e. The molecule has 0 radical (unpaired) electrons. The Labute approximate surface area is 117 Å². The maximum Gasteiger partial charge on any atom is 0.183 e. The van der Waals surface area contributed by atoms with E-state index in [4.69, 9.17) is 11.6 Å². The molecule has 0 amide bonds. The second-order valence-corrected chi connectivity index (χ2v) is 8.44. The van der Waals surface area contributed by atoms with E-state index >= 15 is 0 Å². The first-order valence-corrected chi connectivity index (χ1v) is 7.66. The van der Waals surface area contributed by atoms with Crippen LogP contribution in [0.25, 0.3) is 10.9 Å². The molecule has 6 heteroatoms. The number of sulfone groups is 1. The molecular weight excluding hydrogens is 284 g/mol. The van der Waals surface area contributed by atoms with Crippen LogP contribution in [0.1, 0.15) is 26.3 Å². The minimum absolute atomic E-state index is 0.260. The van der Waals surface area contributed by atoms with E-state index in [-0.39, 0.29) is 10.0 Å². The Bertz CT molecular complexity index is 749. The zero-order chi connectivity index (χ0) is 14.4. The van der Waals surface area contributed by atoms with Crippen molar-refractivity contribution >= 4 is 32.3 Å². The second-order valence-electron chi connectivity index (χ2n) is 5.42. The Morgan fingerprint density at radius 1 is 1.16 bits per heavy atom. The fourth-order valence-electron chi connectivity index (χ4n) is 1.78. The summed E-state index contributed by atoms with van der Waals surface area (Å²) in [7, 11) is -3.43. The summed E-state index contributed by atoms with van der Waals surface area (Å²) in [6.45, 7) is 6.79. The van der Waals surface area contributed by atoms with Crippen LogP contribution < -0.4 is 0 Å². The normalized spacial score (nSPS) is 12.9. The summed E-state index contributed by atoms with van der Waals surface area (Å²) < 4.78 is 24.2. The summed E-state index contributed by atoms with van der Waals surface area (Å²) in [6, 6.07) is 3.29. The van der Waals surface area contributed by atoms with Gasteiger partial charge in [0.25, 0.3) is 0 Å². The van der Waals surface area contributed by atoms with E-state index in [0.717, 1.165) is 0 Å². The third-order valence-electron chi connectivity index (χ3n) is 2.98. The molecule has 0 spiro atoms. The summed E-state index contributed by atoms with van der Waals surface area (Å²) in [5, 5.41) is 0.813. The molecule has 2 aromatic rings. The predicted molar refractivity (Wildman–Crippen MR) is 76.2 cm³/mol. The number of benzene rings is 1. The molecule has 0 atom stereocenters. The molecule has 1 aromatic heterocycles. The molecule has 1 aromatic carbocycles. The van der Waals surface area contributed by atoms with Crippen molar-refractivity contribution in [1.82, 2.24) is 9.97 Å². The zero-order valence-electron chi connectivity index (χ0n) is 11.2. The SMILES string of the molecule is Cc1cc2ncnc(Cl)c2cc1S(=O)(=O)C(C)(C)C. The highest BCUT2D eigenvalue weighted by molar-refractivity contribution is 7.92. The molecule has 0 aliphatic carbocycles. The fourth-order valence-corrected chi connectivity index (χ4v) is 3.39. The average molecular weight is 299 g/mol. The van der Waals surface area contributed by atoms with E-state index in [1.807, 2.05) is 0 Å². The van der Waals surface area contributed by atoms with Crippen molar-refractivity contribution in [3.63, 3.8) is 0 Å². The highest BCUT2D eigenvalue weighted by atomic mass is 35.5. The quantitative estimate of drug-likeness (QED) is 0.759. The fraction of sp³-hybridized carbons (Fsp3) is 0.385. The van der Waals surface area contributed by atoms with Crippen LogP contribution in [0.3, 0.4) is 0 Å². The van der Waals surface area contributed by atoms with Crippen molar-refractivity contribution in [3.05, 3.63) is 29.2 Å². The lowest BCUT2D eigenvalue weighted by Crippen LogP contribution is -2.28. The molecule has 0 N–H and O–H groups in total. The van der Waals surface area contributed by atoms with Crippen molar-refractivity contribution in [2.24, 2.45) is 0 Å². The summed E-state index contributed by atoms with van der Waals surface area (Å²) in [5.41, 5.74) is 1.31. The molecule has 2 rings (SSSR count). The largest absolute Gasteiger partial charge is 0.236 e. The first kappa shape index (κ1) is 14.2. The highest BCUT2D eigenvalue weighted by Gasteiger charge is 2.32. The summed E-state index contributed by atoms with van der Waals surface area (Å²) >= 11 is 6.00. The van der Waals surface area contributed by atoms with Crippen LogP contribution >= 0.6 is 11.6 Å². The lowest BCUT2D eigenvalue weighted by molar-refractivity contribution is 0.560. The van der Waals surface area contributed by atoms with Gasteiger partial charge in [-0.3, -0.25) is 0 Å². The summed E-state index contributed by atoms with van der Waals surface area (Å²) in [6.07, 6.45) is 1.36. The summed E-state index contributed by atoms with van der Waals surface area (Å²) in [4.78, 5) is 8.26. The molecule has 0 saturated heterocycles. The molecular formula is C13H15ClN2O2S. The number of halogens is 1. The predicted octanol–water partition coefficient (Wildman–Crippen LogP) is 3.16. The van der Waals surface area contributed by atoms with Gasteiger partial charge in [0.05, 0.1) is 15.2 Å². The Morgan fingerprint density at radius 3 is 2.37 bits per heavy atom. The molecule has 102 valence electrons. The Kier molecular flexibility index (Phi) is 3.31. The van der Waals surface area contributed by atoms with E-state index in [1.165, 1.54) is 6.33 Å². The van der Waals surface area contributed by atoms with Gasteiger partial charge in [-0.15, -0.1) is 0 Å². The topological polar surface area (TPSA) is 59.9 Å². The van der Waals surface area contributed by atoms with Gasteiger partial charge in [0, 0.05) is 5.39 Å². The molecule has 0 unspecified atom stereocenters. The number of hydrogen-bond donors (Lipinski definition) is 0. The van der Waals surface area contributed by atoms with Crippen LogP contribution in [-0.4, -0.2) is 23.1 Å². The summed E-state index contributed by atoms with van der Waals surface area (Å²) in [5.74, 6) is 0. The third-order valence-corrected chi connectivity index (χ3v) is 5.91. The molecule has 0 bridgehead atoms. The highest BCUT2D eigenvalue weighted by Crippen LogP contribution is 2.31. The van der Waals surface area contributed by atoms with Crippen LogP contribution in [0.5, 0.6) is 0 Å². The van der Waals surface area contributed by atoms with Gasteiger partial charge in [0.2, 0.25) is 0 Å². The number of rotatable bonds is 1. The maximum absolute atomic E-state index is 12.5. The van der Waals surface area contributed by atoms with Crippen molar-refractivity contribution in [1.29, 1.82) is 0 Å². The number of fused-ring (bicyclic) bond motifs is 1. The van der Waals surface area contributed by atoms with E-state index in [0.29, 0.717) is 16.5 Å². The molecule has 4 nitrogen and oxygen atoms in total. The first-order valence-electron chi connectivity index (χ1n) is 5.80. The minimum Gasteiger partial charge on any atom is -0.236 e. The molecule has 0 aliphatic heterocycles. The lowest BCUT2D eigenvalue weighted by Gasteiger charge is -2.21. The van der Waals surface area contributed by atoms with Gasteiger partial charge in [0.1, 0.15) is 11.5 Å². The first-order chi connectivity index (χ1) is 8.64. The van der Waals surface area contributed by atoms with E-state index in [1.54, 1.807) is 39.8 Å². The van der Waals surface area contributed by atoms with Crippen LogP contribution in [-0.2, 0) is 9.84 Å². The van der Waals surface area contributed by atoms with E-state index in [2.05, 4.69) is 9.97 Å². The van der Waals surface area contributed by atoms with Gasteiger partial charge in [0.15, 0.2) is 9.84 Å². The third kappa shape index (κ3) is 2.32.